The third-order valence-electron chi connectivity index (χ3n) is 3.18. The number of rotatable bonds is 6. The molecule has 2 nitrogen and oxygen atoms in total. The predicted octanol–water partition coefficient (Wildman–Crippen LogP) is 2.83. The van der Waals surface area contributed by atoms with Crippen LogP contribution in [-0.2, 0) is 4.79 Å². The first-order valence-electron chi connectivity index (χ1n) is 6.08. The summed E-state index contributed by atoms with van der Waals surface area (Å²) in [5, 5.41) is 0. The highest BCUT2D eigenvalue weighted by Crippen LogP contribution is 2.21. The molecule has 1 aliphatic heterocycles. The van der Waals surface area contributed by atoms with Crippen molar-refractivity contribution in [3.8, 4) is 0 Å². The van der Waals surface area contributed by atoms with Gasteiger partial charge >= 0.3 is 0 Å². The number of carbonyl (C=O) groups excluding carboxylic acids is 1. The second kappa shape index (κ2) is 6.05. The maximum Gasteiger partial charge on any atom is 0.225 e. The molecule has 0 bridgehead atoms. The molecule has 1 atom stereocenters. The summed E-state index contributed by atoms with van der Waals surface area (Å²) >= 11 is 0. The average molecular weight is 197 g/mol. The minimum Gasteiger partial charge on any atom is -0.342 e. The highest BCUT2D eigenvalue weighted by molar-refractivity contribution is 5.80. The molecular weight excluding hydrogens is 174 g/mol. The van der Waals surface area contributed by atoms with Crippen LogP contribution in [0.3, 0.4) is 0 Å². The molecule has 1 unspecified atom stereocenters. The van der Waals surface area contributed by atoms with E-state index >= 15 is 0 Å². The van der Waals surface area contributed by atoms with E-state index in [0.717, 1.165) is 25.9 Å². The van der Waals surface area contributed by atoms with Gasteiger partial charge in [-0.25, -0.2) is 0 Å². The highest BCUT2D eigenvalue weighted by Gasteiger charge is 2.29. The summed E-state index contributed by atoms with van der Waals surface area (Å²) in [4.78, 5) is 13.8. The Bertz CT molecular complexity index is 179. The van der Waals surface area contributed by atoms with Crippen LogP contribution in [0.5, 0.6) is 0 Å². The van der Waals surface area contributed by atoms with E-state index in [1.807, 2.05) is 0 Å². The first-order chi connectivity index (χ1) is 6.79. The fraction of sp³-hybridized carbons (Fsp3) is 0.917. The SMILES string of the molecule is CCCCCCN1CCC(CC)C1=O. The van der Waals surface area contributed by atoms with Crippen LogP contribution >= 0.6 is 0 Å². The van der Waals surface area contributed by atoms with Crippen molar-refractivity contribution in [1.29, 1.82) is 0 Å². The lowest BCUT2D eigenvalue weighted by atomic mass is 10.1. The van der Waals surface area contributed by atoms with Crippen molar-refractivity contribution in [2.75, 3.05) is 13.1 Å². The highest BCUT2D eigenvalue weighted by atomic mass is 16.2. The second-order valence-electron chi connectivity index (χ2n) is 4.28. The Balaban J connectivity index is 2.16. The molecule has 0 N–H and O–H groups in total. The van der Waals surface area contributed by atoms with E-state index in [2.05, 4.69) is 18.7 Å². The van der Waals surface area contributed by atoms with E-state index in [0.29, 0.717) is 11.8 Å². The molecule has 0 aromatic rings. The van der Waals surface area contributed by atoms with E-state index in [9.17, 15) is 4.79 Å². The first-order valence-corrected chi connectivity index (χ1v) is 6.08. The number of hydrogen-bond acceptors (Lipinski definition) is 1. The van der Waals surface area contributed by atoms with Gasteiger partial charge in [0.25, 0.3) is 0 Å². The Morgan fingerprint density at radius 1 is 1.29 bits per heavy atom. The molecule has 1 aliphatic rings. The summed E-state index contributed by atoms with van der Waals surface area (Å²) in [5.74, 6) is 0.741. The number of carbonyl (C=O) groups is 1. The van der Waals surface area contributed by atoms with Gasteiger partial charge in [0.15, 0.2) is 0 Å². The van der Waals surface area contributed by atoms with Crippen molar-refractivity contribution >= 4 is 5.91 Å². The standard InChI is InChI=1S/C12H23NO/c1-3-5-6-7-9-13-10-8-11(4-2)12(13)14/h11H,3-10H2,1-2H3. The number of amides is 1. The molecule has 1 heterocycles. The first kappa shape index (κ1) is 11.5. The van der Waals surface area contributed by atoms with Crippen LogP contribution in [0.25, 0.3) is 0 Å². The molecule has 82 valence electrons. The summed E-state index contributed by atoms with van der Waals surface area (Å²) < 4.78 is 0. The van der Waals surface area contributed by atoms with Gasteiger partial charge in [-0.1, -0.05) is 33.1 Å². The van der Waals surface area contributed by atoms with E-state index < -0.39 is 0 Å². The van der Waals surface area contributed by atoms with E-state index in [1.165, 1.54) is 25.7 Å². The predicted molar refractivity (Wildman–Crippen MR) is 59.1 cm³/mol. The Morgan fingerprint density at radius 3 is 2.64 bits per heavy atom. The molecule has 1 rings (SSSR count). The summed E-state index contributed by atoms with van der Waals surface area (Å²) in [5.41, 5.74) is 0. The van der Waals surface area contributed by atoms with Crippen LogP contribution in [0, 0.1) is 5.92 Å². The van der Waals surface area contributed by atoms with E-state index in [-0.39, 0.29) is 0 Å². The Kier molecular flexibility index (Phi) is 4.99. The largest absolute Gasteiger partial charge is 0.342 e. The maximum atomic E-state index is 11.7. The van der Waals surface area contributed by atoms with Gasteiger partial charge in [0, 0.05) is 19.0 Å². The van der Waals surface area contributed by atoms with Crippen molar-refractivity contribution in [2.24, 2.45) is 5.92 Å². The van der Waals surface area contributed by atoms with Gasteiger partial charge in [-0.2, -0.15) is 0 Å². The van der Waals surface area contributed by atoms with Crippen LogP contribution in [-0.4, -0.2) is 23.9 Å². The lowest BCUT2D eigenvalue weighted by Gasteiger charge is -2.15. The third-order valence-corrected chi connectivity index (χ3v) is 3.18. The molecule has 0 aliphatic carbocycles. The Morgan fingerprint density at radius 2 is 2.07 bits per heavy atom. The Hall–Kier alpha value is -0.530. The topological polar surface area (TPSA) is 20.3 Å². The van der Waals surface area contributed by atoms with Gasteiger partial charge < -0.3 is 4.90 Å². The Labute approximate surface area is 87.7 Å². The lowest BCUT2D eigenvalue weighted by molar-refractivity contribution is -0.131. The minimum atomic E-state index is 0.334. The van der Waals surface area contributed by atoms with Crippen molar-refractivity contribution in [3.63, 3.8) is 0 Å². The van der Waals surface area contributed by atoms with Crippen molar-refractivity contribution in [1.82, 2.24) is 4.90 Å². The molecule has 1 fully saturated rings. The summed E-state index contributed by atoms with van der Waals surface area (Å²) in [7, 11) is 0. The van der Waals surface area contributed by atoms with Crippen molar-refractivity contribution in [3.05, 3.63) is 0 Å². The molecule has 0 spiro atoms. The number of likely N-dealkylation sites (tertiary alicyclic amines) is 1. The lowest BCUT2D eigenvalue weighted by Crippen LogP contribution is -2.28. The number of hydrogen-bond donors (Lipinski definition) is 0. The molecular formula is C12H23NO. The molecule has 14 heavy (non-hydrogen) atoms. The summed E-state index contributed by atoms with van der Waals surface area (Å²) in [6, 6.07) is 0. The van der Waals surface area contributed by atoms with E-state index in [1.54, 1.807) is 0 Å². The van der Waals surface area contributed by atoms with Crippen LogP contribution in [0.4, 0.5) is 0 Å². The zero-order valence-electron chi connectivity index (χ0n) is 9.59. The van der Waals surface area contributed by atoms with Gasteiger partial charge in [-0.15, -0.1) is 0 Å². The second-order valence-corrected chi connectivity index (χ2v) is 4.28. The van der Waals surface area contributed by atoms with Gasteiger partial charge in [-0.05, 0) is 19.3 Å². The molecule has 0 saturated carbocycles. The smallest absolute Gasteiger partial charge is 0.225 e. The minimum absolute atomic E-state index is 0.334. The van der Waals surface area contributed by atoms with Crippen molar-refractivity contribution < 1.29 is 4.79 Å². The third kappa shape index (κ3) is 3.00. The van der Waals surface area contributed by atoms with Gasteiger partial charge in [0.2, 0.25) is 5.91 Å². The monoisotopic (exact) mass is 197 g/mol. The average Bonchev–Trinajstić information content (AvgIpc) is 2.55. The zero-order valence-corrected chi connectivity index (χ0v) is 9.59. The summed E-state index contributed by atoms with van der Waals surface area (Å²) in [6.07, 6.45) is 7.14. The van der Waals surface area contributed by atoms with Crippen molar-refractivity contribution in [2.45, 2.75) is 52.4 Å². The van der Waals surface area contributed by atoms with Gasteiger partial charge in [-0.3, -0.25) is 4.79 Å². The quantitative estimate of drug-likeness (QED) is 0.600. The number of unbranched alkanes of at least 4 members (excludes halogenated alkanes) is 3. The fourth-order valence-corrected chi connectivity index (χ4v) is 2.13. The molecule has 0 radical (unpaired) electrons. The van der Waals surface area contributed by atoms with Crippen LogP contribution in [0.2, 0.25) is 0 Å². The molecule has 0 aromatic carbocycles. The fourth-order valence-electron chi connectivity index (χ4n) is 2.13. The number of nitrogens with zero attached hydrogens (tertiary/aromatic N) is 1. The maximum absolute atomic E-state index is 11.7. The summed E-state index contributed by atoms with van der Waals surface area (Å²) in [6.45, 7) is 6.33. The normalized spacial score (nSPS) is 22.0. The molecule has 1 saturated heterocycles. The van der Waals surface area contributed by atoms with Gasteiger partial charge in [0.1, 0.15) is 0 Å². The molecule has 0 aromatic heterocycles. The molecule has 2 heteroatoms. The van der Waals surface area contributed by atoms with Crippen LogP contribution in [0.1, 0.15) is 52.4 Å². The van der Waals surface area contributed by atoms with Gasteiger partial charge in [0.05, 0.1) is 0 Å². The van der Waals surface area contributed by atoms with E-state index in [4.69, 9.17) is 0 Å². The molecule has 1 amide bonds. The van der Waals surface area contributed by atoms with Crippen LogP contribution in [0.15, 0.2) is 0 Å². The van der Waals surface area contributed by atoms with Crippen LogP contribution < -0.4 is 0 Å². The zero-order chi connectivity index (χ0) is 10.4.